The number of likely N-dealkylation sites (N-methyl/N-ethyl adjacent to an activating group) is 1. The lowest BCUT2D eigenvalue weighted by Crippen LogP contribution is -2.37. The summed E-state index contributed by atoms with van der Waals surface area (Å²) in [6.45, 7) is 2.77. The lowest BCUT2D eigenvalue weighted by molar-refractivity contribution is 0.545. The van der Waals surface area contributed by atoms with Gasteiger partial charge in [-0.05, 0) is 18.5 Å². The lowest BCUT2D eigenvalue weighted by Gasteiger charge is -2.16. The molecule has 1 aromatic rings. The van der Waals surface area contributed by atoms with E-state index in [1.165, 1.54) is 6.26 Å². The average Bonchev–Trinajstić information content (AvgIpc) is 2.17. The number of rotatable bonds is 6. The van der Waals surface area contributed by atoms with Crippen molar-refractivity contribution in [3.63, 3.8) is 0 Å². The predicted octanol–water partition coefficient (Wildman–Crippen LogP) is 1.25. The Morgan fingerprint density at radius 2 is 1.88 bits per heavy atom. The van der Waals surface area contributed by atoms with Crippen LogP contribution in [0.5, 0.6) is 0 Å². The highest BCUT2D eigenvalue weighted by Gasteiger charge is 2.14. The Balaban J connectivity index is 2.65. The predicted molar refractivity (Wildman–Crippen MR) is 67.3 cm³/mol. The minimum absolute atomic E-state index is 0.00222. The van der Waals surface area contributed by atoms with Crippen molar-refractivity contribution in [3.05, 3.63) is 35.9 Å². The van der Waals surface area contributed by atoms with Gasteiger partial charge in [0.05, 0.1) is 5.75 Å². The summed E-state index contributed by atoms with van der Waals surface area (Å²) in [6, 6.07) is 9.95. The van der Waals surface area contributed by atoms with E-state index in [2.05, 4.69) is 5.32 Å². The molecule has 0 radical (unpaired) electrons. The van der Waals surface area contributed by atoms with Crippen molar-refractivity contribution < 1.29 is 8.42 Å². The van der Waals surface area contributed by atoms with Crippen LogP contribution in [0, 0.1) is 0 Å². The van der Waals surface area contributed by atoms with Crippen LogP contribution in [0.4, 0.5) is 0 Å². The topological polar surface area (TPSA) is 46.2 Å². The second kappa shape index (κ2) is 6.01. The second-order valence-corrected chi connectivity index (χ2v) is 6.22. The van der Waals surface area contributed by atoms with Crippen LogP contribution < -0.4 is 5.32 Å². The first-order chi connectivity index (χ1) is 7.51. The molecule has 0 aliphatic carbocycles. The Bertz CT molecular complexity index is 400. The number of hydrogen-bond donors (Lipinski definition) is 1. The normalized spacial score (nSPS) is 13.6. The standard InChI is InChI=1S/C12H19NO2S/c1-3-13-12(10-16(2,14)15)9-11-7-5-4-6-8-11/h4-8,12-13H,3,9-10H2,1-2H3. The summed E-state index contributed by atoms with van der Waals surface area (Å²) in [6.07, 6.45) is 2.03. The molecule has 0 heterocycles. The second-order valence-electron chi connectivity index (χ2n) is 4.04. The van der Waals surface area contributed by atoms with Crippen molar-refractivity contribution in [2.45, 2.75) is 19.4 Å². The molecule has 0 aliphatic rings. The van der Waals surface area contributed by atoms with Gasteiger partial charge in [-0.25, -0.2) is 8.42 Å². The third-order valence-corrected chi connectivity index (χ3v) is 3.33. The van der Waals surface area contributed by atoms with Crippen molar-refractivity contribution in [1.82, 2.24) is 5.32 Å². The van der Waals surface area contributed by atoms with Gasteiger partial charge in [0.15, 0.2) is 0 Å². The molecular formula is C12H19NO2S. The molecule has 0 spiro atoms. The summed E-state index contributed by atoms with van der Waals surface area (Å²) in [5.41, 5.74) is 1.16. The number of benzene rings is 1. The molecule has 1 unspecified atom stereocenters. The fraction of sp³-hybridized carbons (Fsp3) is 0.500. The molecule has 90 valence electrons. The van der Waals surface area contributed by atoms with Crippen molar-refractivity contribution in [1.29, 1.82) is 0 Å². The Morgan fingerprint density at radius 3 is 2.38 bits per heavy atom. The summed E-state index contributed by atoms with van der Waals surface area (Å²) >= 11 is 0. The third kappa shape index (κ3) is 5.28. The average molecular weight is 241 g/mol. The van der Waals surface area contributed by atoms with Crippen LogP contribution in [-0.2, 0) is 16.3 Å². The zero-order valence-corrected chi connectivity index (χ0v) is 10.6. The Hall–Kier alpha value is -0.870. The van der Waals surface area contributed by atoms with Gasteiger partial charge in [-0.3, -0.25) is 0 Å². The molecule has 4 heteroatoms. The molecule has 0 amide bonds. The molecule has 3 nitrogen and oxygen atoms in total. The lowest BCUT2D eigenvalue weighted by atomic mass is 10.1. The van der Waals surface area contributed by atoms with Gasteiger partial charge in [0.2, 0.25) is 0 Å². The molecule has 1 N–H and O–H groups in total. The summed E-state index contributed by atoms with van der Waals surface area (Å²) < 4.78 is 22.5. The molecular weight excluding hydrogens is 222 g/mol. The molecule has 0 aliphatic heterocycles. The first-order valence-electron chi connectivity index (χ1n) is 5.46. The number of nitrogens with one attached hydrogen (secondary N) is 1. The molecule has 1 atom stereocenters. The van der Waals surface area contributed by atoms with Gasteiger partial charge in [-0.1, -0.05) is 37.3 Å². The first kappa shape index (κ1) is 13.2. The summed E-state index contributed by atoms with van der Waals surface area (Å²) in [4.78, 5) is 0. The third-order valence-electron chi connectivity index (χ3n) is 2.32. The summed E-state index contributed by atoms with van der Waals surface area (Å²) in [5, 5.41) is 3.21. The van der Waals surface area contributed by atoms with Crippen molar-refractivity contribution in [2.75, 3.05) is 18.6 Å². The van der Waals surface area contributed by atoms with Crippen LogP contribution in [0.25, 0.3) is 0 Å². The smallest absolute Gasteiger partial charge is 0.148 e. The number of hydrogen-bond acceptors (Lipinski definition) is 3. The highest BCUT2D eigenvalue weighted by atomic mass is 32.2. The molecule has 0 bridgehead atoms. The number of sulfone groups is 1. The van der Waals surface area contributed by atoms with E-state index in [1.54, 1.807) is 0 Å². The highest BCUT2D eigenvalue weighted by Crippen LogP contribution is 2.04. The zero-order chi connectivity index (χ0) is 12.0. The van der Waals surface area contributed by atoms with Crippen LogP contribution in [0.3, 0.4) is 0 Å². The molecule has 0 aromatic heterocycles. The van der Waals surface area contributed by atoms with Gasteiger partial charge >= 0.3 is 0 Å². The van der Waals surface area contributed by atoms with Crippen molar-refractivity contribution in [2.24, 2.45) is 0 Å². The maximum Gasteiger partial charge on any atom is 0.148 e. The molecule has 0 fully saturated rings. The monoisotopic (exact) mass is 241 g/mol. The van der Waals surface area contributed by atoms with E-state index >= 15 is 0 Å². The van der Waals surface area contributed by atoms with Gasteiger partial charge in [-0.15, -0.1) is 0 Å². The molecule has 0 saturated heterocycles. The van der Waals surface area contributed by atoms with E-state index < -0.39 is 9.84 Å². The van der Waals surface area contributed by atoms with Gasteiger partial charge in [0.25, 0.3) is 0 Å². The maximum atomic E-state index is 11.3. The van der Waals surface area contributed by atoms with E-state index in [0.717, 1.165) is 18.5 Å². The van der Waals surface area contributed by atoms with Crippen LogP contribution in [0.2, 0.25) is 0 Å². The van der Waals surface area contributed by atoms with Gasteiger partial charge in [0.1, 0.15) is 9.84 Å². The van der Waals surface area contributed by atoms with E-state index in [-0.39, 0.29) is 11.8 Å². The minimum Gasteiger partial charge on any atom is -0.313 e. The largest absolute Gasteiger partial charge is 0.313 e. The molecule has 16 heavy (non-hydrogen) atoms. The molecule has 1 rings (SSSR count). The SMILES string of the molecule is CCNC(Cc1ccccc1)CS(C)(=O)=O. The summed E-state index contributed by atoms with van der Waals surface area (Å²) in [7, 11) is -2.93. The van der Waals surface area contributed by atoms with E-state index in [0.29, 0.717) is 0 Å². The zero-order valence-electron chi connectivity index (χ0n) is 9.81. The van der Waals surface area contributed by atoms with Crippen LogP contribution in [-0.4, -0.2) is 33.0 Å². The van der Waals surface area contributed by atoms with E-state index in [4.69, 9.17) is 0 Å². The van der Waals surface area contributed by atoms with Crippen molar-refractivity contribution in [3.8, 4) is 0 Å². The van der Waals surface area contributed by atoms with Gasteiger partial charge < -0.3 is 5.32 Å². The minimum atomic E-state index is -2.93. The summed E-state index contributed by atoms with van der Waals surface area (Å²) in [5.74, 6) is 0.190. The van der Waals surface area contributed by atoms with Crippen LogP contribution >= 0.6 is 0 Å². The Morgan fingerprint density at radius 1 is 1.25 bits per heavy atom. The van der Waals surface area contributed by atoms with Gasteiger partial charge in [0, 0.05) is 12.3 Å². The molecule has 0 saturated carbocycles. The Kier molecular flexibility index (Phi) is 4.96. The Labute approximate surface area is 97.8 Å². The first-order valence-corrected chi connectivity index (χ1v) is 7.52. The fourth-order valence-corrected chi connectivity index (χ4v) is 2.71. The van der Waals surface area contributed by atoms with Crippen LogP contribution in [0.1, 0.15) is 12.5 Å². The fourth-order valence-electron chi connectivity index (χ4n) is 1.74. The van der Waals surface area contributed by atoms with Crippen LogP contribution in [0.15, 0.2) is 30.3 Å². The molecule has 1 aromatic carbocycles. The van der Waals surface area contributed by atoms with Gasteiger partial charge in [-0.2, -0.15) is 0 Å². The van der Waals surface area contributed by atoms with Crippen molar-refractivity contribution >= 4 is 9.84 Å². The van der Waals surface area contributed by atoms with E-state index in [1.807, 2.05) is 37.3 Å². The highest BCUT2D eigenvalue weighted by molar-refractivity contribution is 7.90. The quantitative estimate of drug-likeness (QED) is 0.815. The maximum absolute atomic E-state index is 11.3. The van der Waals surface area contributed by atoms with E-state index in [9.17, 15) is 8.42 Å².